The van der Waals surface area contributed by atoms with E-state index in [1.54, 1.807) is 18.2 Å². The molecule has 0 bridgehead atoms. The van der Waals surface area contributed by atoms with E-state index in [0.29, 0.717) is 29.2 Å². The van der Waals surface area contributed by atoms with Crippen molar-refractivity contribution in [1.82, 2.24) is 0 Å². The molecule has 0 radical (unpaired) electrons. The van der Waals surface area contributed by atoms with Crippen LogP contribution < -0.4 is 15.0 Å². The quantitative estimate of drug-likeness (QED) is 0.438. The van der Waals surface area contributed by atoms with Gasteiger partial charge in [-0.25, -0.2) is 4.90 Å². The van der Waals surface area contributed by atoms with Crippen molar-refractivity contribution in [3.63, 3.8) is 0 Å². The van der Waals surface area contributed by atoms with E-state index in [1.165, 1.54) is 4.90 Å². The predicted molar refractivity (Wildman–Crippen MR) is 137 cm³/mol. The van der Waals surface area contributed by atoms with Gasteiger partial charge in [0.05, 0.1) is 17.9 Å². The Morgan fingerprint density at radius 3 is 2.15 bits per heavy atom. The summed E-state index contributed by atoms with van der Waals surface area (Å²) in [6.07, 6.45) is 0.821. The summed E-state index contributed by atoms with van der Waals surface area (Å²) >= 11 is 0. The smallest absolute Gasteiger partial charge is 0.282 e. The van der Waals surface area contributed by atoms with Crippen LogP contribution >= 0.6 is 0 Å². The molecule has 0 aliphatic carbocycles. The molecule has 1 N–H and O–H groups in total. The monoisotopic (exact) mass is 454 g/mol. The molecule has 3 aromatic carbocycles. The lowest BCUT2D eigenvalue weighted by Crippen LogP contribution is -2.32. The Bertz CT molecular complexity index is 1310. The number of nitrogens with zero attached hydrogens (tertiary/aromatic N) is 1. The average Bonchev–Trinajstić information content (AvgIpc) is 3.06. The van der Waals surface area contributed by atoms with Crippen LogP contribution in [0.3, 0.4) is 0 Å². The number of amides is 2. The number of hydrogen-bond donors (Lipinski definition) is 1. The van der Waals surface area contributed by atoms with Crippen molar-refractivity contribution >= 4 is 28.8 Å². The summed E-state index contributed by atoms with van der Waals surface area (Å²) in [5.41, 5.74) is 6.99. The van der Waals surface area contributed by atoms with Gasteiger partial charge >= 0.3 is 0 Å². The van der Waals surface area contributed by atoms with Crippen LogP contribution in [0.1, 0.15) is 41.2 Å². The van der Waals surface area contributed by atoms with Crippen molar-refractivity contribution in [3.05, 3.63) is 94.2 Å². The van der Waals surface area contributed by atoms with E-state index < -0.39 is 5.91 Å². The number of benzene rings is 3. The fourth-order valence-corrected chi connectivity index (χ4v) is 3.97. The van der Waals surface area contributed by atoms with Gasteiger partial charge in [-0.3, -0.25) is 9.59 Å². The fourth-order valence-electron chi connectivity index (χ4n) is 3.97. The van der Waals surface area contributed by atoms with E-state index in [4.69, 9.17) is 4.74 Å². The first-order chi connectivity index (χ1) is 16.3. The molecule has 5 nitrogen and oxygen atoms in total. The minimum absolute atomic E-state index is 0.266. The summed E-state index contributed by atoms with van der Waals surface area (Å²) in [5.74, 6) is -0.256. The Morgan fingerprint density at radius 2 is 1.47 bits per heavy atom. The maximum absolute atomic E-state index is 13.8. The highest BCUT2D eigenvalue weighted by Gasteiger charge is 2.41. The molecule has 174 valence electrons. The molecule has 0 saturated heterocycles. The molecule has 0 spiro atoms. The second-order valence-corrected chi connectivity index (χ2v) is 8.73. The van der Waals surface area contributed by atoms with Gasteiger partial charge in [0.2, 0.25) is 0 Å². The zero-order valence-electron chi connectivity index (χ0n) is 20.4. The molecule has 4 rings (SSSR count). The topological polar surface area (TPSA) is 58.6 Å². The first-order valence-electron chi connectivity index (χ1n) is 11.6. The van der Waals surface area contributed by atoms with Crippen molar-refractivity contribution in [2.24, 2.45) is 0 Å². The Kier molecular flexibility index (Phi) is 6.55. The zero-order valence-corrected chi connectivity index (χ0v) is 20.4. The Labute approximate surface area is 201 Å². The average molecular weight is 455 g/mol. The maximum Gasteiger partial charge on any atom is 0.282 e. The van der Waals surface area contributed by atoms with E-state index in [9.17, 15) is 9.59 Å². The van der Waals surface area contributed by atoms with Gasteiger partial charge in [-0.15, -0.1) is 0 Å². The number of para-hydroxylation sites is 2. The number of anilines is 2. The van der Waals surface area contributed by atoms with Gasteiger partial charge in [0, 0.05) is 5.69 Å². The normalized spacial score (nSPS) is 13.6. The third-order valence-electron chi connectivity index (χ3n) is 6.22. The van der Waals surface area contributed by atoms with Crippen LogP contribution in [0, 0.1) is 27.7 Å². The Hall–Kier alpha value is -3.86. The van der Waals surface area contributed by atoms with E-state index in [2.05, 4.69) is 5.32 Å². The van der Waals surface area contributed by atoms with Crippen LogP contribution in [0.4, 0.5) is 11.4 Å². The molecule has 0 fully saturated rings. The van der Waals surface area contributed by atoms with Crippen LogP contribution in [0.15, 0.2) is 66.4 Å². The minimum Gasteiger partial charge on any atom is -0.491 e. The van der Waals surface area contributed by atoms with Gasteiger partial charge < -0.3 is 10.1 Å². The summed E-state index contributed by atoms with van der Waals surface area (Å²) in [5, 5.41) is 3.26. The fraction of sp³-hybridized carbons (Fsp3) is 0.241. The van der Waals surface area contributed by atoms with Crippen LogP contribution in [0.2, 0.25) is 0 Å². The number of aryl methyl sites for hydroxylation is 4. The van der Waals surface area contributed by atoms with E-state index in [1.807, 2.05) is 77.1 Å². The summed E-state index contributed by atoms with van der Waals surface area (Å²) in [4.78, 5) is 28.8. The largest absolute Gasteiger partial charge is 0.491 e. The molecule has 3 aromatic rings. The number of imide groups is 1. The van der Waals surface area contributed by atoms with Crippen molar-refractivity contribution < 1.29 is 14.3 Å². The lowest BCUT2D eigenvalue weighted by Gasteiger charge is -2.19. The summed E-state index contributed by atoms with van der Waals surface area (Å²) in [6, 6.07) is 18.9. The highest BCUT2D eigenvalue weighted by molar-refractivity contribution is 6.46. The van der Waals surface area contributed by atoms with Gasteiger partial charge in [0.1, 0.15) is 11.4 Å². The molecular weight excluding hydrogens is 424 g/mol. The molecule has 2 amide bonds. The molecule has 34 heavy (non-hydrogen) atoms. The predicted octanol–water partition coefficient (Wildman–Crippen LogP) is 6.11. The molecule has 0 atom stereocenters. The van der Waals surface area contributed by atoms with E-state index >= 15 is 0 Å². The molecule has 0 aromatic heterocycles. The Morgan fingerprint density at radius 1 is 0.794 bits per heavy atom. The number of hydrogen-bond acceptors (Lipinski definition) is 4. The number of nitrogens with one attached hydrogen (secondary N) is 1. The van der Waals surface area contributed by atoms with Gasteiger partial charge in [0.15, 0.2) is 0 Å². The van der Waals surface area contributed by atoms with Gasteiger partial charge in [0.25, 0.3) is 11.8 Å². The minimum atomic E-state index is -0.399. The van der Waals surface area contributed by atoms with E-state index in [0.717, 1.165) is 34.4 Å². The second-order valence-electron chi connectivity index (χ2n) is 8.73. The number of ether oxygens (including phenoxy) is 1. The van der Waals surface area contributed by atoms with Gasteiger partial charge in [-0.05, 0) is 86.2 Å². The lowest BCUT2D eigenvalue weighted by molar-refractivity contribution is -0.120. The summed E-state index contributed by atoms with van der Waals surface area (Å²) in [6.45, 7) is 10.6. The third kappa shape index (κ3) is 4.34. The second kappa shape index (κ2) is 9.56. The molecule has 0 saturated carbocycles. The van der Waals surface area contributed by atoms with Crippen LogP contribution in [0.5, 0.6) is 5.75 Å². The highest BCUT2D eigenvalue weighted by Crippen LogP contribution is 2.38. The van der Waals surface area contributed by atoms with Crippen LogP contribution in [-0.2, 0) is 9.59 Å². The lowest BCUT2D eigenvalue weighted by atomic mass is 9.99. The first kappa shape index (κ1) is 23.3. The van der Waals surface area contributed by atoms with Crippen molar-refractivity contribution in [3.8, 4) is 5.75 Å². The first-order valence-corrected chi connectivity index (χ1v) is 11.6. The van der Waals surface area contributed by atoms with Gasteiger partial charge in [-0.1, -0.05) is 43.3 Å². The number of rotatable bonds is 7. The summed E-state index contributed by atoms with van der Waals surface area (Å²) < 4.78 is 5.87. The molecule has 1 heterocycles. The van der Waals surface area contributed by atoms with Crippen LogP contribution in [-0.4, -0.2) is 18.4 Å². The molecule has 5 heteroatoms. The summed E-state index contributed by atoms with van der Waals surface area (Å²) in [7, 11) is 0. The van der Waals surface area contributed by atoms with Crippen molar-refractivity contribution in [2.75, 3.05) is 16.8 Å². The molecule has 1 aliphatic rings. The number of carbonyl (C=O) groups is 2. The standard InChI is InChI=1S/C29H30N2O3/c1-6-15-34-25-10-8-7-9-24(25)31-28(32)26(22-13-11-18(2)20(4)16-22)27(29(31)33)30-23-14-12-19(3)21(5)17-23/h7-14,16-17,30H,6,15H2,1-5H3. The molecule has 0 unspecified atom stereocenters. The maximum atomic E-state index is 13.8. The molecular formula is C29H30N2O3. The van der Waals surface area contributed by atoms with Crippen molar-refractivity contribution in [2.45, 2.75) is 41.0 Å². The SMILES string of the molecule is CCCOc1ccccc1N1C(=O)C(Nc2ccc(C)c(C)c2)=C(c2ccc(C)c(C)c2)C1=O. The highest BCUT2D eigenvalue weighted by atomic mass is 16.5. The van der Waals surface area contributed by atoms with Crippen LogP contribution in [0.25, 0.3) is 5.57 Å². The number of carbonyl (C=O) groups excluding carboxylic acids is 2. The van der Waals surface area contributed by atoms with Crippen molar-refractivity contribution in [1.29, 1.82) is 0 Å². The third-order valence-corrected chi connectivity index (χ3v) is 6.22. The van der Waals surface area contributed by atoms with E-state index in [-0.39, 0.29) is 11.6 Å². The Balaban J connectivity index is 1.84. The van der Waals surface area contributed by atoms with Gasteiger partial charge in [-0.2, -0.15) is 0 Å². The molecule has 1 aliphatic heterocycles. The zero-order chi connectivity index (χ0) is 24.4.